The van der Waals surface area contributed by atoms with Crippen molar-refractivity contribution in [1.82, 2.24) is 10.3 Å². The maximum Gasteiger partial charge on any atom is 0.416 e. The van der Waals surface area contributed by atoms with Crippen LogP contribution < -0.4 is 10.1 Å². The van der Waals surface area contributed by atoms with E-state index in [1.54, 1.807) is 32.4 Å². The van der Waals surface area contributed by atoms with E-state index < -0.39 is 11.7 Å². The second-order valence-electron chi connectivity index (χ2n) is 6.35. The third-order valence-corrected chi connectivity index (χ3v) is 4.12. The van der Waals surface area contributed by atoms with E-state index in [1.165, 1.54) is 12.1 Å². The van der Waals surface area contributed by atoms with E-state index in [-0.39, 0.29) is 18.2 Å². The molecular weight excluding hydrogens is 373 g/mol. The Morgan fingerprint density at radius 1 is 1.14 bits per heavy atom. The van der Waals surface area contributed by atoms with E-state index >= 15 is 0 Å². The molecule has 1 aromatic carbocycles. The zero-order valence-corrected chi connectivity index (χ0v) is 15.8. The average Bonchev–Trinajstić information content (AvgIpc) is 2.67. The van der Waals surface area contributed by atoms with Crippen molar-refractivity contribution >= 4 is 5.91 Å². The van der Waals surface area contributed by atoms with Crippen LogP contribution in [0, 0.1) is 0 Å². The third-order valence-electron chi connectivity index (χ3n) is 4.12. The van der Waals surface area contributed by atoms with Crippen molar-refractivity contribution in [3.63, 3.8) is 0 Å². The first-order chi connectivity index (χ1) is 13.3. The molecule has 0 spiro atoms. The number of ether oxygens (including phenoxy) is 2. The van der Waals surface area contributed by atoms with Gasteiger partial charge in [-0.25, -0.2) is 4.98 Å². The highest BCUT2D eigenvalue weighted by atomic mass is 19.4. The number of nitrogens with zero attached hydrogens (tertiary/aromatic N) is 1. The number of rotatable bonds is 9. The lowest BCUT2D eigenvalue weighted by molar-refractivity contribution is -0.137. The molecule has 1 atom stereocenters. The van der Waals surface area contributed by atoms with Gasteiger partial charge in [-0.3, -0.25) is 4.79 Å². The number of aromatic nitrogens is 1. The molecule has 0 saturated heterocycles. The Labute approximate surface area is 161 Å². The Morgan fingerprint density at radius 3 is 2.43 bits per heavy atom. The molecule has 0 radical (unpaired) electrons. The van der Waals surface area contributed by atoms with Gasteiger partial charge in [0.05, 0.1) is 12.2 Å². The van der Waals surface area contributed by atoms with E-state index in [1.807, 2.05) is 0 Å². The molecule has 28 heavy (non-hydrogen) atoms. The van der Waals surface area contributed by atoms with Crippen LogP contribution in [0.1, 0.15) is 36.0 Å². The number of carbonyl (C=O) groups excluding carboxylic acids is 1. The Morgan fingerprint density at radius 2 is 1.86 bits per heavy atom. The summed E-state index contributed by atoms with van der Waals surface area (Å²) in [4.78, 5) is 16.3. The SMILES string of the molecule is COCCOc1ccc(CNC(=O)CC(C)c2ccc(C(F)(F)F)cc2)cn1. The van der Waals surface area contributed by atoms with E-state index in [9.17, 15) is 18.0 Å². The Balaban J connectivity index is 1.80. The summed E-state index contributed by atoms with van der Waals surface area (Å²) in [5.74, 6) is 0.0906. The van der Waals surface area contributed by atoms with Gasteiger partial charge >= 0.3 is 6.18 Å². The number of amides is 1. The highest BCUT2D eigenvalue weighted by molar-refractivity contribution is 5.76. The molecule has 1 heterocycles. The minimum absolute atomic E-state index is 0.178. The van der Waals surface area contributed by atoms with Crippen molar-refractivity contribution in [3.8, 4) is 5.88 Å². The number of benzene rings is 1. The van der Waals surface area contributed by atoms with Crippen molar-refractivity contribution in [2.45, 2.75) is 32.0 Å². The molecule has 152 valence electrons. The lowest BCUT2D eigenvalue weighted by Gasteiger charge is -2.14. The number of pyridine rings is 1. The fourth-order valence-corrected chi connectivity index (χ4v) is 2.50. The van der Waals surface area contributed by atoms with E-state index in [0.717, 1.165) is 17.7 Å². The molecule has 5 nitrogen and oxygen atoms in total. The van der Waals surface area contributed by atoms with E-state index in [0.29, 0.717) is 31.2 Å². The normalized spacial score (nSPS) is 12.5. The molecule has 0 fully saturated rings. The van der Waals surface area contributed by atoms with Crippen molar-refractivity contribution in [2.75, 3.05) is 20.3 Å². The van der Waals surface area contributed by atoms with Crippen LogP contribution in [-0.4, -0.2) is 31.2 Å². The van der Waals surface area contributed by atoms with Crippen LogP contribution in [0.3, 0.4) is 0 Å². The fourth-order valence-electron chi connectivity index (χ4n) is 2.50. The standard InChI is InChI=1S/C20H23F3N2O3/c1-14(16-4-6-17(7-5-16)20(21,22)23)11-18(26)24-12-15-3-8-19(25-13-15)28-10-9-27-2/h3-8,13-14H,9-12H2,1-2H3,(H,24,26). The summed E-state index contributed by atoms with van der Waals surface area (Å²) in [6, 6.07) is 8.40. The molecule has 0 aliphatic carbocycles. The van der Waals surface area contributed by atoms with Crippen LogP contribution in [0.2, 0.25) is 0 Å². The molecule has 0 aliphatic heterocycles. The van der Waals surface area contributed by atoms with Gasteiger partial charge in [-0.1, -0.05) is 25.1 Å². The van der Waals surface area contributed by atoms with Crippen LogP contribution in [-0.2, 0) is 22.3 Å². The molecule has 1 aromatic heterocycles. The van der Waals surface area contributed by atoms with Crippen LogP contribution in [0.15, 0.2) is 42.6 Å². The van der Waals surface area contributed by atoms with Crippen LogP contribution in [0.4, 0.5) is 13.2 Å². The predicted molar refractivity (Wildman–Crippen MR) is 97.9 cm³/mol. The third kappa shape index (κ3) is 6.84. The van der Waals surface area contributed by atoms with E-state index in [2.05, 4.69) is 10.3 Å². The highest BCUT2D eigenvalue weighted by Gasteiger charge is 2.30. The average molecular weight is 396 g/mol. The Bertz CT molecular complexity index is 747. The van der Waals surface area contributed by atoms with Gasteiger partial charge in [-0.05, 0) is 29.2 Å². The molecular formula is C20H23F3N2O3. The maximum absolute atomic E-state index is 12.6. The largest absolute Gasteiger partial charge is 0.475 e. The van der Waals surface area contributed by atoms with Gasteiger partial charge in [-0.15, -0.1) is 0 Å². The van der Waals surface area contributed by atoms with Gasteiger partial charge in [-0.2, -0.15) is 13.2 Å². The van der Waals surface area contributed by atoms with Gasteiger partial charge in [0.25, 0.3) is 0 Å². The molecule has 0 aliphatic rings. The summed E-state index contributed by atoms with van der Waals surface area (Å²) in [5, 5.41) is 2.79. The lowest BCUT2D eigenvalue weighted by atomic mass is 9.96. The quantitative estimate of drug-likeness (QED) is 0.653. The first-order valence-corrected chi connectivity index (χ1v) is 8.80. The fraction of sp³-hybridized carbons (Fsp3) is 0.400. The first kappa shape index (κ1) is 21.7. The summed E-state index contributed by atoms with van der Waals surface area (Å²) >= 11 is 0. The highest BCUT2D eigenvalue weighted by Crippen LogP contribution is 2.30. The molecule has 2 aromatic rings. The topological polar surface area (TPSA) is 60.5 Å². The summed E-state index contributed by atoms with van der Waals surface area (Å²) in [6.45, 7) is 2.98. The van der Waals surface area contributed by atoms with Gasteiger partial charge in [0.1, 0.15) is 6.61 Å². The summed E-state index contributed by atoms with van der Waals surface area (Å²) in [5.41, 5.74) is 0.798. The second-order valence-corrected chi connectivity index (χ2v) is 6.35. The van der Waals surface area contributed by atoms with Crippen LogP contribution >= 0.6 is 0 Å². The van der Waals surface area contributed by atoms with Crippen molar-refractivity contribution in [2.24, 2.45) is 0 Å². The van der Waals surface area contributed by atoms with Crippen molar-refractivity contribution in [1.29, 1.82) is 0 Å². The zero-order chi connectivity index (χ0) is 20.6. The minimum atomic E-state index is -4.36. The van der Waals surface area contributed by atoms with Crippen LogP contribution in [0.25, 0.3) is 0 Å². The van der Waals surface area contributed by atoms with Crippen LogP contribution in [0.5, 0.6) is 5.88 Å². The molecule has 1 N–H and O–H groups in total. The molecule has 1 amide bonds. The van der Waals surface area contributed by atoms with Gasteiger partial charge in [0.2, 0.25) is 11.8 Å². The number of alkyl halides is 3. The maximum atomic E-state index is 12.6. The number of nitrogens with one attached hydrogen (secondary N) is 1. The monoisotopic (exact) mass is 396 g/mol. The van der Waals surface area contributed by atoms with Gasteiger partial charge in [0.15, 0.2) is 0 Å². The Kier molecular flexibility index (Phi) is 7.80. The Hall–Kier alpha value is -2.61. The number of carbonyl (C=O) groups is 1. The van der Waals surface area contributed by atoms with Crippen molar-refractivity contribution in [3.05, 3.63) is 59.3 Å². The molecule has 0 bridgehead atoms. The molecule has 0 saturated carbocycles. The minimum Gasteiger partial charge on any atom is -0.475 e. The predicted octanol–water partition coefficient (Wildman–Crippen LogP) is 3.94. The molecule has 1 unspecified atom stereocenters. The summed E-state index contributed by atoms with van der Waals surface area (Å²) < 4.78 is 48.1. The summed E-state index contributed by atoms with van der Waals surface area (Å²) in [7, 11) is 1.58. The summed E-state index contributed by atoms with van der Waals surface area (Å²) in [6.07, 6.45) is -2.57. The first-order valence-electron chi connectivity index (χ1n) is 8.80. The molecule has 8 heteroatoms. The number of hydrogen-bond donors (Lipinski definition) is 1. The van der Waals surface area contributed by atoms with E-state index in [4.69, 9.17) is 9.47 Å². The number of methoxy groups -OCH3 is 1. The van der Waals surface area contributed by atoms with Crippen molar-refractivity contribution < 1.29 is 27.4 Å². The second kappa shape index (κ2) is 10.1. The lowest BCUT2D eigenvalue weighted by Crippen LogP contribution is -2.24. The van der Waals surface area contributed by atoms with Gasteiger partial charge < -0.3 is 14.8 Å². The zero-order valence-electron chi connectivity index (χ0n) is 15.8. The number of halogens is 3. The smallest absolute Gasteiger partial charge is 0.416 e. The molecule has 2 rings (SSSR count). The van der Waals surface area contributed by atoms with Gasteiger partial charge in [0, 0.05) is 32.3 Å². The number of hydrogen-bond acceptors (Lipinski definition) is 4.